The summed E-state index contributed by atoms with van der Waals surface area (Å²) in [6.07, 6.45) is 5.22. The van der Waals surface area contributed by atoms with Crippen LogP contribution in [0.3, 0.4) is 0 Å². The Kier molecular flexibility index (Phi) is 5.59. The minimum atomic E-state index is -2.84. The molecule has 0 saturated heterocycles. The van der Waals surface area contributed by atoms with E-state index in [2.05, 4.69) is 10.1 Å². The Morgan fingerprint density at radius 3 is 2.65 bits per heavy atom. The lowest BCUT2D eigenvalue weighted by molar-refractivity contribution is -0.0512. The number of alkyl halides is 2. The van der Waals surface area contributed by atoms with E-state index < -0.39 is 6.61 Å². The maximum absolute atomic E-state index is 12.3. The van der Waals surface area contributed by atoms with Gasteiger partial charge in [0.25, 0.3) is 0 Å². The molecule has 3 nitrogen and oxygen atoms in total. The van der Waals surface area contributed by atoms with Gasteiger partial charge in [-0.25, -0.2) is 0 Å². The number of methoxy groups -OCH3 is 1. The Morgan fingerprint density at radius 1 is 1.25 bits per heavy atom. The van der Waals surface area contributed by atoms with Crippen LogP contribution in [0, 0.1) is 5.92 Å². The predicted molar refractivity (Wildman–Crippen MR) is 73.3 cm³/mol. The van der Waals surface area contributed by atoms with E-state index in [4.69, 9.17) is 4.74 Å². The summed E-state index contributed by atoms with van der Waals surface area (Å²) in [5.74, 6) is 1.16. The van der Waals surface area contributed by atoms with Crippen molar-refractivity contribution in [1.29, 1.82) is 0 Å². The lowest BCUT2D eigenvalue weighted by Gasteiger charge is -2.13. The third-order valence-electron chi connectivity index (χ3n) is 3.68. The predicted octanol–water partition coefficient (Wildman–Crippen LogP) is 3.58. The van der Waals surface area contributed by atoms with Crippen LogP contribution in [0.1, 0.15) is 31.2 Å². The molecule has 0 atom stereocenters. The average molecular weight is 285 g/mol. The number of rotatable bonds is 7. The van der Waals surface area contributed by atoms with Crippen molar-refractivity contribution >= 4 is 0 Å². The zero-order valence-corrected chi connectivity index (χ0v) is 11.7. The Morgan fingerprint density at radius 2 is 2.00 bits per heavy atom. The molecule has 0 aromatic heterocycles. The number of halogens is 2. The molecule has 1 N–H and O–H groups in total. The summed E-state index contributed by atoms with van der Waals surface area (Å²) >= 11 is 0. The molecule has 0 spiro atoms. The smallest absolute Gasteiger partial charge is 0.387 e. The van der Waals surface area contributed by atoms with Crippen LogP contribution in [0.2, 0.25) is 0 Å². The van der Waals surface area contributed by atoms with Gasteiger partial charge in [-0.05, 0) is 43.0 Å². The van der Waals surface area contributed by atoms with Crippen molar-refractivity contribution in [2.24, 2.45) is 5.92 Å². The lowest BCUT2D eigenvalue weighted by Crippen LogP contribution is -2.20. The van der Waals surface area contributed by atoms with Crippen LogP contribution in [-0.2, 0) is 6.54 Å². The molecule has 5 heteroatoms. The minimum absolute atomic E-state index is 0.0858. The van der Waals surface area contributed by atoms with Gasteiger partial charge in [0.1, 0.15) is 0 Å². The van der Waals surface area contributed by atoms with Crippen LogP contribution in [0.4, 0.5) is 8.78 Å². The van der Waals surface area contributed by atoms with E-state index in [0.29, 0.717) is 12.3 Å². The van der Waals surface area contributed by atoms with Crippen molar-refractivity contribution in [1.82, 2.24) is 5.32 Å². The largest absolute Gasteiger partial charge is 0.493 e. The van der Waals surface area contributed by atoms with Gasteiger partial charge in [0, 0.05) is 6.54 Å². The van der Waals surface area contributed by atoms with Crippen molar-refractivity contribution in [2.45, 2.75) is 38.8 Å². The van der Waals surface area contributed by atoms with Gasteiger partial charge in [0.2, 0.25) is 0 Å². The first-order chi connectivity index (χ1) is 9.69. The molecule has 1 fully saturated rings. The van der Waals surface area contributed by atoms with E-state index in [0.717, 1.165) is 18.0 Å². The highest BCUT2D eigenvalue weighted by Gasteiger charge is 2.15. The summed E-state index contributed by atoms with van der Waals surface area (Å²) in [6, 6.07) is 5.12. The van der Waals surface area contributed by atoms with Gasteiger partial charge < -0.3 is 14.8 Å². The standard InChI is InChI=1S/C15H21F2NO2/c1-19-13-7-6-12(8-14(13)20-15(16)17)10-18-9-11-4-2-3-5-11/h6-8,11,15,18H,2-5,9-10H2,1H3. The highest BCUT2D eigenvalue weighted by atomic mass is 19.3. The second-order valence-corrected chi connectivity index (χ2v) is 5.15. The molecule has 20 heavy (non-hydrogen) atoms. The molecule has 0 heterocycles. The zero-order valence-electron chi connectivity index (χ0n) is 11.7. The third kappa shape index (κ3) is 4.34. The van der Waals surface area contributed by atoms with Gasteiger partial charge >= 0.3 is 6.61 Å². The number of hydrogen-bond acceptors (Lipinski definition) is 3. The first kappa shape index (κ1) is 15.0. The van der Waals surface area contributed by atoms with Crippen molar-refractivity contribution < 1.29 is 18.3 Å². The number of benzene rings is 1. The summed E-state index contributed by atoms with van der Waals surface area (Å²) in [6.45, 7) is -1.21. The maximum atomic E-state index is 12.3. The van der Waals surface area contributed by atoms with Gasteiger partial charge in [-0.3, -0.25) is 0 Å². The SMILES string of the molecule is COc1ccc(CNCC2CCCC2)cc1OC(F)F. The lowest BCUT2D eigenvalue weighted by atomic mass is 10.1. The van der Waals surface area contributed by atoms with Gasteiger partial charge in [0.15, 0.2) is 11.5 Å². The summed E-state index contributed by atoms with van der Waals surface area (Å²) in [7, 11) is 1.44. The molecule has 2 rings (SSSR count). The Balaban J connectivity index is 1.90. The normalized spacial score (nSPS) is 15.8. The van der Waals surface area contributed by atoms with Gasteiger partial charge in [-0.15, -0.1) is 0 Å². The molecular weight excluding hydrogens is 264 g/mol. The first-order valence-corrected chi connectivity index (χ1v) is 7.01. The van der Waals surface area contributed by atoms with Gasteiger partial charge in [0.05, 0.1) is 7.11 Å². The highest BCUT2D eigenvalue weighted by molar-refractivity contribution is 5.42. The van der Waals surface area contributed by atoms with Crippen LogP contribution < -0.4 is 14.8 Å². The second-order valence-electron chi connectivity index (χ2n) is 5.15. The summed E-state index contributed by atoms with van der Waals surface area (Å²) in [5.41, 5.74) is 0.916. The molecule has 0 radical (unpaired) electrons. The van der Waals surface area contributed by atoms with Crippen LogP contribution >= 0.6 is 0 Å². The molecule has 1 aromatic carbocycles. The molecule has 1 saturated carbocycles. The minimum Gasteiger partial charge on any atom is -0.493 e. The molecule has 0 amide bonds. The Labute approximate surface area is 118 Å². The van der Waals surface area contributed by atoms with Crippen LogP contribution in [-0.4, -0.2) is 20.3 Å². The summed E-state index contributed by atoms with van der Waals surface area (Å²) in [5, 5.41) is 3.38. The summed E-state index contributed by atoms with van der Waals surface area (Å²) < 4.78 is 34.1. The topological polar surface area (TPSA) is 30.5 Å². The fourth-order valence-electron chi connectivity index (χ4n) is 2.65. The van der Waals surface area contributed by atoms with E-state index in [9.17, 15) is 8.78 Å². The van der Waals surface area contributed by atoms with Gasteiger partial charge in [-0.1, -0.05) is 18.9 Å². The third-order valence-corrected chi connectivity index (χ3v) is 3.68. The molecule has 1 aromatic rings. The van der Waals surface area contributed by atoms with E-state index in [1.54, 1.807) is 12.1 Å². The zero-order chi connectivity index (χ0) is 14.4. The van der Waals surface area contributed by atoms with E-state index in [-0.39, 0.29) is 5.75 Å². The van der Waals surface area contributed by atoms with E-state index >= 15 is 0 Å². The molecule has 0 unspecified atom stereocenters. The van der Waals surface area contributed by atoms with Crippen LogP contribution in [0.5, 0.6) is 11.5 Å². The van der Waals surface area contributed by atoms with Crippen molar-refractivity contribution in [3.63, 3.8) is 0 Å². The maximum Gasteiger partial charge on any atom is 0.387 e. The van der Waals surface area contributed by atoms with E-state index in [1.165, 1.54) is 32.8 Å². The molecular formula is C15H21F2NO2. The molecule has 1 aliphatic rings. The second kappa shape index (κ2) is 7.43. The highest BCUT2D eigenvalue weighted by Crippen LogP contribution is 2.29. The van der Waals surface area contributed by atoms with Crippen molar-refractivity contribution in [2.75, 3.05) is 13.7 Å². The Bertz CT molecular complexity index is 420. The summed E-state index contributed by atoms with van der Waals surface area (Å²) in [4.78, 5) is 0. The van der Waals surface area contributed by atoms with Crippen LogP contribution in [0.15, 0.2) is 18.2 Å². The molecule has 1 aliphatic carbocycles. The van der Waals surface area contributed by atoms with Crippen molar-refractivity contribution in [3.8, 4) is 11.5 Å². The quantitative estimate of drug-likeness (QED) is 0.830. The van der Waals surface area contributed by atoms with Gasteiger partial charge in [-0.2, -0.15) is 8.78 Å². The first-order valence-electron chi connectivity index (χ1n) is 7.01. The van der Waals surface area contributed by atoms with Crippen molar-refractivity contribution in [3.05, 3.63) is 23.8 Å². The number of hydrogen-bond donors (Lipinski definition) is 1. The Hall–Kier alpha value is -1.36. The molecule has 0 aliphatic heterocycles. The molecule has 112 valence electrons. The number of ether oxygens (including phenoxy) is 2. The fourth-order valence-corrected chi connectivity index (χ4v) is 2.65. The number of nitrogens with one attached hydrogen (secondary N) is 1. The monoisotopic (exact) mass is 285 g/mol. The van der Waals surface area contributed by atoms with E-state index in [1.807, 2.05) is 6.07 Å². The average Bonchev–Trinajstić information content (AvgIpc) is 2.91. The van der Waals surface area contributed by atoms with Crippen LogP contribution in [0.25, 0.3) is 0 Å². The molecule has 0 bridgehead atoms. The fraction of sp³-hybridized carbons (Fsp3) is 0.600.